The Morgan fingerprint density at radius 1 is 1.33 bits per heavy atom. The molecule has 1 aromatic carbocycles. The Balaban J connectivity index is 2.67. The minimum atomic E-state index is 0.128. The highest BCUT2D eigenvalue weighted by Gasteiger charge is 2.19. The molecule has 3 nitrogen and oxygen atoms in total. The maximum Gasteiger partial charge on any atom is 0.0587 e. The van der Waals surface area contributed by atoms with Crippen LogP contribution >= 0.6 is 0 Å². The third-order valence-electron chi connectivity index (χ3n) is 2.59. The molecule has 0 heterocycles. The molecule has 4 N–H and O–H groups in total. The summed E-state index contributed by atoms with van der Waals surface area (Å²) in [6.07, 6.45) is 0. The maximum absolute atomic E-state index is 5.21. The normalized spacial score (nSPS) is 11.7. The Kier molecular flexibility index (Phi) is 4.27. The number of rotatable bonds is 5. The zero-order valence-corrected chi connectivity index (χ0v) is 9.80. The van der Waals surface area contributed by atoms with Crippen LogP contribution in [-0.2, 0) is 5.41 Å². The van der Waals surface area contributed by atoms with Gasteiger partial charge in [-0.3, -0.25) is 5.84 Å². The molecular formula is C12H21N3. The van der Waals surface area contributed by atoms with Crippen molar-refractivity contribution in [1.82, 2.24) is 10.7 Å². The molecule has 0 aliphatic rings. The van der Waals surface area contributed by atoms with Crippen molar-refractivity contribution in [3.8, 4) is 0 Å². The Hall–Kier alpha value is -0.900. The first kappa shape index (κ1) is 12.2. The molecular weight excluding hydrogens is 186 g/mol. The maximum atomic E-state index is 5.21. The van der Waals surface area contributed by atoms with Gasteiger partial charge in [0.15, 0.2) is 0 Å². The molecule has 0 atom stereocenters. The molecule has 0 aromatic heterocycles. The van der Waals surface area contributed by atoms with Crippen molar-refractivity contribution in [3.63, 3.8) is 0 Å². The molecule has 0 aliphatic heterocycles. The highest BCUT2D eigenvalue weighted by atomic mass is 15.3. The van der Waals surface area contributed by atoms with Crippen molar-refractivity contribution in [3.05, 3.63) is 35.4 Å². The van der Waals surface area contributed by atoms with E-state index in [1.165, 1.54) is 11.1 Å². The Morgan fingerprint density at radius 2 is 2.07 bits per heavy atom. The summed E-state index contributed by atoms with van der Waals surface area (Å²) in [4.78, 5) is 0. The van der Waals surface area contributed by atoms with Crippen molar-refractivity contribution in [2.24, 2.45) is 5.84 Å². The monoisotopic (exact) mass is 207 g/mol. The summed E-state index contributed by atoms with van der Waals surface area (Å²) in [5.74, 6) is 5.21. The Morgan fingerprint density at radius 3 is 2.67 bits per heavy atom. The predicted molar refractivity (Wildman–Crippen MR) is 64.4 cm³/mol. The standard InChI is InChI=1S/C12H21N3/c1-10-5-4-6-11(7-10)12(2,3)8-14-9-15-13/h4-7,14-15H,8-9,13H2,1-3H3. The molecule has 3 heteroatoms. The van der Waals surface area contributed by atoms with Gasteiger partial charge in [0, 0.05) is 12.0 Å². The van der Waals surface area contributed by atoms with Gasteiger partial charge in [0.05, 0.1) is 6.67 Å². The zero-order chi connectivity index (χ0) is 11.3. The van der Waals surface area contributed by atoms with E-state index in [0.29, 0.717) is 6.67 Å². The summed E-state index contributed by atoms with van der Waals surface area (Å²) in [7, 11) is 0. The molecule has 0 amide bonds. The minimum absolute atomic E-state index is 0.128. The lowest BCUT2D eigenvalue weighted by Crippen LogP contribution is -2.40. The van der Waals surface area contributed by atoms with Gasteiger partial charge in [0.2, 0.25) is 0 Å². The van der Waals surface area contributed by atoms with Gasteiger partial charge in [0.25, 0.3) is 0 Å². The average Bonchev–Trinajstić information content (AvgIpc) is 2.18. The zero-order valence-electron chi connectivity index (χ0n) is 9.80. The molecule has 1 rings (SSSR count). The molecule has 0 aliphatic carbocycles. The van der Waals surface area contributed by atoms with E-state index in [-0.39, 0.29) is 5.41 Å². The molecule has 1 aromatic rings. The molecule has 0 spiro atoms. The van der Waals surface area contributed by atoms with E-state index in [1.807, 2.05) is 0 Å². The number of hydrogen-bond donors (Lipinski definition) is 3. The first-order valence-electron chi connectivity index (χ1n) is 5.27. The van der Waals surface area contributed by atoms with E-state index in [1.54, 1.807) is 0 Å². The van der Waals surface area contributed by atoms with Crippen LogP contribution in [0.2, 0.25) is 0 Å². The molecule has 0 bridgehead atoms. The van der Waals surface area contributed by atoms with E-state index in [9.17, 15) is 0 Å². The summed E-state index contributed by atoms with van der Waals surface area (Å²) in [6, 6.07) is 8.63. The molecule has 0 fully saturated rings. The largest absolute Gasteiger partial charge is 0.303 e. The van der Waals surface area contributed by atoms with Crippen molar-refractivity contribution in [1.29, 1.82) is 0 Å². The van der Waals surface area contributed by atoms with Gasteiger partial charge in [-0.2, -0.15) is 0 Å². The van der Waals surface area contributed by atoms with Crippen LogP contribution in [0.3, 0.4) is 0 Å². The highest BCUT2D eigenvalue weighted by Crippen LogP contribution is 2.22. The van der Waals surface area contributed by atoms with Gasteiger partial charge in [-0.15, -0.1) is 0 Å². The Bertz CT molecular complexity index is 307. The summed E-state index contributed by atoms with van der Waals surface area (Å²) < 4.78 is 0. The number of nitrogens with two attached hydrogens (primary N) is 1. The molecule has 84 valence electrons. The Labute approximate surface area is 92.0 Å². The first-order valence-corrected chi connectivity index (χ1v) is 5.27. The number of nitrogens with one attached hydrogen (secondary N) is 2. The van der Waals surface area contributed by atoms with Crippen molar-refractivity contribution in [2.75, 3.05) is 13.2 Å². The van der Waals surface area contributed by atoms with Crippen LogP contribution in [0, 0.1) is 6.92 Å². The van der Waals surface area contributed by atoms with Crippen LogP contribution in [0.15, 0.2) is 24.3 Å². The summed E-state index contributed by atoms with van der Waals surface area (Å²) in [5.41, 5.74) is 5.38. The predicted octanol–water partition coefficient (Wildman–Crippen LogP) is 1.28. The topological polar surface area (TPSA) is 50.1 Å². The van der Waals surface area contributed by atoms with E-state index in [0.717, 1.165) is 6.54 Å². The molecule has 0 saturated carbocycles. The highest BCUT2D eigenvalue weighted by molar-refractivity contribution is 5.28. The number of hydrazine groups is 1. The molecule has 15 heavy (non-hydrogen) atoms. The van der Waals surface area contributed by atoms with E-state index >= 15 is 0 Å². The summed E-state index contributed by atoms with van der Waals surface area (Å²) in [6.45, 7) is 8.11. The smallest absolute Gasteiger partial charge is 0.0587 e. The summed E-state index contributed by atoms with van der Waals surface area (Å²) >= 11 is 0. The molecule has 0 unspecified atom stereocenters. The fourth-order valence-electron chi connectivity index (χ4n) is 1.62. The second kappa shape index (κ2) is 5.26. The lowest BCUT2D eigenvalue weighted by Gasteiger charge is -2.26. The SMILES string of the molecule is Cc1cccc(C(C)(C)CNCNN)c1. The van der Waals surface area contributed by atoms with Gasteiger partial charge in [-0.25, -0.2) is 5.43 Å². The number of hydrogen-bond acceptors (Lipinski definition) is 3. The third-order valence-corrected chi connectivity index (χ3v) is 2.59. The van der Waals surface area contributed by atoms with Gasteiger partial charge >= 0.3 is 0 Å². The van der Waals surface area contributed by atoms with Crippen LogP contribution in [-0.4, -0.2) is 13.2 Å². The van der Waals surface area contributed by atoms with Crippen LogP contribution in [0.1, 0.15) is 25.0 Å². The number of benzene rings is 1. The minimum Gasteiger partial charge on any atom is -0.303 e. The second-order valence-corrected chi connectivity index (χ2v) is 4.56. The van der Waals surface area contributed by atoms with E-state index in [4.69, 9.17) is 5.84 Å². The van der Waals surface area contributed by atoms with Gasteiger partial charge in [0.1, 0.15) is 0 Å². The second-order valence-electron chi connectivity index (χ2n) is 4.56. The molecule has 0 radical (unpaired) electrons. The van der Waals surface area contributed by atoms with Crippen molar-refractivity contribution in [2.45, 2.75) is 26.2 Å². The lowest BCUT2D eigenvalue weighted by molar-refractivity contribution is 0.454. The first-order chi connectivity index (χ1) is 7.06. The van der Waals surface area contributed by atoms with Gasteiger partial charge in [-0.05, 0) is 12.5 Å². The quantitative estimate of drug-likeness (QED) is 0.295. The van der Waals surface area contributed by atoms with Crippen LogP contribution in [0.4, 0.5) is 0 Å². The van der Waals surface area contributed by atoms with Crippen LogP contribution in [0.5, 0.6) is 0 Å². The lowest BCUT2D eigenvalue weighted by atomic mass is 9.84. The number of aryl methyl sites for hydroxylation is 1. The van der Waals surface area contributed by atoms with E-state index < -0.39 is 0 Å². The van der Waals surface area contributed by atoms with E-state index in [2.05, 4.69) is 55.8 Å². The fourth-order valence-corrected chi connectivity index (χ4v) is 1.62. The van der Waals surface area contributed by atoms with Crippen molar-refractivity contribution < 1.29 is 0 Å². The fraction of sp³-hybridized carbons (Fsp3) is 0.500. The van der Waals surface area contributed by atoms with Gasteiger partial charge in [-0.1, -0.05) is 43.7 Å². The third kappa shape index (κ3) is 3.63. The molecule has 0 saturated heterocycles. The van der Waals surface area contributed by atoms with Crippen LogP contribution in [0.25, 0.3) is 0 Å². The average molecular weight is 207 g/mol. The summed E-state index contributed by atoms with van der Waals surface area (Å²) in [5, 5.41) is 3.26. The van der Waals surface area contributed by atoms with Gasteiger partial charge < -0.3 is 5.32 Å². The van der Waals surface area contributed by atoms with Crippen molar-refractivity contribution >= 4 is 0 Å². The van der Waals surface area contributed by atoms with Crippen LogP contribution < -0.4 is 16.6 Å².